The topological polar surface area (TPSA) is 77.8 Å². The highest BCUT2D eigenvalue weighted by molar-refractivity contribution is 5.90. The van der Waals surface area contributed by atoms with E-state index in [1.54, 1.807) is 12.2 Å². The van der Waals surface area contributed by atoms with E-state index in [1.165, 1.54) is 16.7 Å². The molecule has 0 saturated carbocycles. The van der Waals surface area contributed by atoms with Crippen LogP contribution in [0.2, 0.25) is 0 Å². The van der Waals surface area contributed by atoms with Crippen LogP contribution >= 0.6 is 0 Å². The standard InChI is InChI=1S/C23H24O4/c24-18(14-19(25)15-23(26)27)8-5-7-17-13-12-16-6-1-2-9-20(16)22-11-4-3-10-21(17)22/h1,3-8,10-13,18-19,24-25H,2,9,14-15H2,(H,26,27)/b8-5+,17-7+/t18-,19-/m1/s1. The maximum atomic E-state index is 10.6. The molecule has 0 aromatic heterocycles. The monoisotopic (exact) mass is 364 g/mol. The molecule has 0 spiro atoms. The van der Waals surface area contributed by atoms with Crippen molar-refractivity contribution in [2.24, 2.45) is 0 Å². The van der Waals surface area contributed by atoms with Crippen molar-refractivity contribution in [2.75, 3.05) is 0 Å². The number of hydrogen-bond donors (Lipinski definition) is 3. The Balaban J connectivity index is 1.79. The molecule has 3 rings (SSSR count). The first-order valence-corrected chi connectivity index (χ1v) is 9.18. The van der Waals surface area contributed by atoms with Gasteiger partial charge in [-0.25, -0.2) is 0 Å². The summed E-state index contributed by atoms with van der Waals surface area (Å²) in [4.78, 5) is 10.6. The Bertz CT molecular complexity index is 855. The summed E-state index contributed by atoms with van der Waals surface area (Å²) in [5.41, 5.74) is 6.02. The fraction of sp³-hybridized carbons (Fsp3) is 0.261. The van der Waals surface area contributed by atoms with Gasteiger partial charge >= 0.3 is 5.97 Å². The SMILES string of the molecule is O=C(O)C[C@H](O)C[C@H](O)/C=C/C=C1\C=CC2=C(CCC=C2)c2ccccc21. The molecule has 0 radical (unpaired) electrons. The number of aliphatic hydroxyl groups excluding tert-OH is 2. The van der Waals surface area contributed by atoms with E-state index in [0.717, 1.165) is 24.0 Å². The molecule has 140 valence electrons. The van der Waals surface area contributed by atoms with E-state index in [1.807, 2.05) is 18.2 Å². The van der Waals surface area contributed by atoms with Crippen molar-refractivity contribution in [2.45, 2.75) is 37.9 Å². The van der Waals surface area contributed by atoms with E-state index < -0.39 is 18.2 Å². The minimum atomic E-state index is -1.08. The zero-order valence-corrected chi connectivity index (χ0v) is 15.1. The summed E-state index contributed by atoms with van der Waals surface area (Å²) >= 11 is 0. The Labute approximate surface area is 159 Å². The molecule has 0 amide bonds. The summed E-state index contributed by atoms with van der Waals surface area (Å²) in [5.74, 6) is -1.08. The second kappa shape index (κ2) is 8.80. The van der Waals surface area contributed by atoms with E-state index in [9.17, 15) is 15.0 Å². The van der Waals surface area contributed by atoms with Crippen LogP contribution in [0, 0.1) is 0 Å². The Morgan fingerprint density at radius 2 is 1.89 bits per heavy atom. The molecule has 4 heteroatoms. The third-order valence-electron chi connectivity index (χ3n) is 4.75. The Hall–Kier alpha value is -2.69. The average molecular weight is 364 g/mol. The molecule has 0 aliphatic heterocycles. The number of fused-ring (bicyclic) bond motifs is 2. The van der Waals surface area contributed by atoms with E-state index in [4.69, 9.17) is 5.11 Å². The largest absolute Gasteiger partial charge is 0.481 e. The summed E-state index contributed by atoms with van der Waals surface area (Å²) < 4.78 is 0. The van der Waals surface area contributed by atoms with Crippen LogP contribution in [0.4, 0.5) is 0 Å². The molecule has 2 aliphatic rings. The molecule has 0 bridgehead atoms. The molecule has 0 heterocycles. The third-order valence-corrected chi connectivity index (χ3v) is 4.75. The van der Waals surface area contributed by atoms with Crippen molar-refractivity contribution in [1.82, 2.24) is 0 Å². The molecule has 3 N–H and O–H groups in total. The minimum Gasteiger partial charge on any atom is -0.481 e. The van der Waals surface area contributed by atoms with Crippen molar-refractivity contribution < 1.29 is 20.1 Å². The lowest BCUT2D eigenvalue weighted by atomic mass is 9.89. The van der Waals surface area contributed by atoms with Crippen molar-refractivity contribution in [3.63, 3.8) is 0 Å². The molecule has 1 aromatic rings. The number of allylic oxidation sites excluding steroid dienone is 9. The van der Waals surface area contributed by atoms with Gasteiger partial charge in [-0.1, -0.05) is 66.8 Å². The van der Waals surface area contributed by atoms with Gasteiger partial charge in [-0.15, -0.1) is 0 Å². The summed E-state index contributed by atoms with van der Waals surface area (Å²) in [7, 11) is 0. The molecule has 27 heavy (non-hydrogen) atoms. The van der Waals surface area contributed by atoms with E-state index in [-0.39, 0.29) is 12.8 Å². The fourth-order valence-electron chi connectivity index (χ4n) is 3.47. The van der Waals surface area contributed by atoms with Crippen molar-refractivity contribution in [3.05, 3.63) is 83.5 Å². The van der Waals surface area contributed by atoms with Gasteiger partial charge in [0.15, 0.2) is 0 Å². The average Bonchev–Trinajstić information content (AvgIpc) is 2.79. The number of carboxylic acid groups (broad SMARTS) is 1. The number of carboxylic acids is 1. The fourth-order valence-corrected chi connectivity index (χ4v) is 3.47. The molecule has 2 aliphatic carbocycles. The van der Waals surface area contributed by atoms with Gasteiger partial charge in [-0.2, -0.15) is 0 Å². The van der Waals surface area contributed by atoms with E-state index >= 15 is 0 Å². The maximum Gasteiger partial charge on any atom is 0.305 e. The van der Waals surface area contributed by atoms with Crippen LogP contribution in [0.25, 0.3) is 11.1 Å². The molecular weight excluding hydrogens is 340 g/mol. The van der Waals surface area contributed by atoms with Gasteiger partial charge in [0.2, 0.25) is 0 Å². The van der Waals surface area contributed by atoms with Gasteiger partial charge in [0.05, 0.1) is 18.6 Å². The van der Waals surface area contributed by atoms with Crippen molar-refractivity contribution in [3.8, 4) is 0 Å². The maximum absolute atomic E-state index is 10.6. The quantitative estimate of drug-likeness (QED) is 0.716. The predicted molar refractivity (Wildman–Crippen MR) is 107 cm³/mol. The van der Waals surface area contributed by atoms with Crippen LogP contribution in [0.15, 0.2) is 72.4 Å². The lowest BCUT2D eigenvalue weighted by Gasteiger charge is -2.15. The summed E-state index contributed by atoms with van der Waals surface area (Å²) in [6, 6.07) is 8.31. The molecule has 1 aromatic carbocycles. The Morgan fingerprint density at radius 1 is 1.11 bits per heavy atom. The van der Waals surface area contributed by atoms with Gasteiger partial charge in [0, 0.05) is 6.42 Å². The number of rotatable bonds is 6. The second-order valence-electron chi connectivity index (χ2n) is 6.82. The van der Waals surface area contributed by atoms with Gasteiger partial charge < -0.3 is 15.3 Å². The molecule has 2 atom stereocenters. The van der Waals surface area contributed by atoms with Crippen LogP contribution in [-0.4, -0.2) is 33.5 Å². The third kappa shape index (κ3) is 4.94. The first kappa shape index (κ1) is 19.1. The highest BCUT2D eigenvalue weighted by Gasteiger charge is 2.17. The normalized spacial score (nSPS) is 19.7. The van der Waals surface area contributed by atoms with Gasteiger partial charge in [-0.05, 0) is 40.7 Å². The number of aliphatic hydroxyl groups is 2. The van der Waals surface area contributed by atoms with Gasteiger partial charge in [0.25, 0.3) is 0 Å². The molecular formula is C23H24O4. The number of carbonyl (C=O) groups is 1. The van der Waals surface area contributed by atoms with Gasteiger partial charge in [-0.3, -0.25) is 4.79 Å². The lowest BCUT2D eigenvalue weighted by Crippen LogP contribution is -2.19. The Kier molecular flexibility index (Phi) is 6.22. The minimum absolute atomic E-state index is 0.000946. The van der Waals surface area contributed by atoms with Crippen LogP contribution in [0.1, 0.15) is 36.8 Å². The first-order valence-electron chi connectivity index (χ1n) is 9.18. The van der Waals surface area contributed by atoms with Crippen molar-refractivity contribution in [1.29, 1.82) is 0 Å². The number of aliphatic carboxylic acids is 1. The summed E-state index contributed by atoms with van der Waals surface area (Å²) in [6.45, 7) is 0. The molecule has 0 saturated heterocycles. The van der Waals surface area contributed by atoms with E-state index in [0.29, 0.717) is 0 Å². The molecule has 4 nitrogen and oxygen atoms in total. The zero-order chi connectivity index (χ0) is 19.2. The first-order chi connectivity index (χ1) is 13.0. The van der Waals surface area contributed by atoms with Crippen LogP contribution in [0.5, 0.6) is 0 Å². The summed E-state index contributed by atoms with van der Waals surface area (Å²) in [5, 5.41) is 28.3. The smallest absolute Gasteiger partial charge is 0.305 e. The Morgan fingerprint density at radius 3 is 2.67 bits per heavy atom. The molecule has 0 unspecified atom stereocenters. The highest BCUT2D eigenvalue weighted by Crippen LogP contribution is 2.37. The molecule has 0 fully saturated rings. The summed E-state index contributed by atoms with van der Waals surface area (Å²) in [6.07, 6.45) is 13.6. The van der Waals surface area contributed by atoms with Crippen LogP contribution in [0.3, 0.4) is 0 Å². The lowest BCUT2D eigenvalue weighted by molar-refractivity contribution is -0.139. The van der Waals surface area contributed by atoms with Crippen LogP contribution in [-0.2, 0) is 4.79 Å². The number of benzene rings is 1. The zero-order valence-electron chi connectivity index (χ0n) is 15.1. The predicted octanol–water partition coefficient (Wildman–Crippen LogP) is 3.89. The van der Waals surface area contributed by atoms with Gasteiger partial charge in [0.1, 0.15) is 0 Å². The number of hydrogen-bond acceptors (Lipinski definition) is 3. The van der Waals surface area contributed by atoms with E-state index in [2.05, 4.69) is 36.4 Å². The van der Waals surface area contributed by atoms with Crippen molar-refractivity contribution >= 4 is 17.1 Å². The highest BCUT2D eigenvalue weighted by atomic mass is 16.4. The van der Waals surface area contributed by atoms with Crippen LogP contribution < -0.4 is 0 Å². The second-order valence-corrected chi connectivity index (χ2v) is 6.82.